The minimum Gasteiger partial charge on any atom is -0.466 e. The average Bonchev–Trinajstić information content (AvgIpc) is 2.96. The van der Waals surface area contributed by atoms with Crippen LogP contribution in [0.4, 0.5) is 0 Å². The van der Waals surface area contributed by atoms with Gasteiger partial charge in [-0.15, -0.1) is 0 Å². The van der Waals surface area contributed by atoms with E-state index in [0.717, 1.165) is 58.2 Å². The van der Waals surface area contributed by atoms with E-state index in [0.29, 0.717) is 25.3 Å². The maximum absolute atomic E-state index is 12.2. The quantitative estimate of drug-likeness (QED) is 0.0380. The number of rotatable bonds is 31. The van der Waals surface area contributed by atoms with Gasteiger partial charge in [0.1, 0.15) is 5.70 Å². The van der Waals surface area contributed by atoms with Gasteiger partial charge >= 0.3 is 5.97 Å². The molecule has 7 heteroatoms. The minimum absolute atomic E-state index is 0.0340. The lowest BCUT2D eigenvalue weighted by molar-refractivity contribution is -0.143. The summed E-state index contributed by atoms with van der Waals surface area (Å²) in [7, 11) is 3.70. The van der Waals surface area contributed by atoms with Crippen LogP contribution in [0.2, 0.25) is 0 Å². The molecular weight excluding hydrogens is 526 g/mol. The highest BCUT2D eigenvalue weighted by molar-refractivity contribution is 6.42. The van der Waals surface area contributed by atoms with E-state index in [1.54, 1.807) is 11.1 Å². The number of hydrogen-bond donors (Lipinski definition) is 1. The molecule has 0 aliphatic heterocycles. The highest BCUT2D eigenvalue weighted by Crippen LogP contribution is 2.11. The summed E-state index contributed by atoms with van der Waals surface area (Å²) in [5, 5.41) is 3.19. The van der Waals surface area contributed by atoms with Crippen molar-refractivity contribution >= 4 is 17.5 Å². The Morgan fingerprint density at radius 1 is 0.643 bits per heavy atom. The zero-order valence-electron chi connectivity index (χ0n) is 28.3. The number of carbonyl (C=O) groups excluding carboxylic acids is 3. The number of allylic oxidation sites excluding steroid dienone is 1. The highest BCUT2D eigenvalue weighted by atomic mass is 16.5. The molecule has 0 aromatic carbocycles. The van der Waals surface area contributed by atoms with Gasteiger partial charge < -0.3 is 19.9 Å². The summed E-state index contributed by atoms with van der Waals surface area (Å²) >= 11 is 0. The molecule has 0 atom stereocenters. The molecule has 0 rings (SSSR count). The fourth-order valence-corrected chi connectivity index (χ4v) is 5.06. The van der Waals surface area contributed by atoms with Crippen LogP contribution in [-0.4, -0.2) is 74.2 Å². The SMILES string of the molecule is CCCCCCCCCOC(=O)CCCCCCCN(CCCCCCCC)CCCN/C(=C\N(C)C)C(=O)C(C)=O. The van der Waals surface area contributed by atoms with Gasteiger partial charge in [0.15, 0.2) is 0 Å². The van der Waals surface area contributed by atoms with Crippen molar-refractivity contribution in [1.29, 1.82) is 0 Å². The summed E-state index contributed by atoms with van der Waals surface area (Å²) in [6.07, 6.45) is 25.1. The lowest BCUT2D eigenvalue weighted by atomic mass is 10.1. The van der Waals surface area contributed by atoms with Gasteiger partial charge in [0.05, 0.1) is 6.61 Å². The second kappa shape index (κ2) is 29.2. The topological polar surface area (TPSA) is 79.0 Å². The molecule has 1 N–H and O–H groups in total. The predicted octanol–water partition coefficient (Wildman–Crippen LogP) is 7.82. The Morgan fingerprint density at radius 2 is 1.12 bits per heavy atom. The van der Waals surface area contributed by atoms with Crippen molar-refractivity contribution in [3.8, 4) is 0 Å². The highest BCUT2D eigenvalue weighted by Gasteiger charge is 2.15. The van der Waals surface area contributed by atoms with Crippen molar-refractivity contribution in [2.45, 2.75) is 149 Å². The first-order chi connectivity index (χ1) is 20.3. The fraction of sp³-hybridized carbons (Fsp3) is 0.857. The third-order valence-electron chi connectivity index (χ3n) is 7.61. The van der Waals surface area contributed by atoms with Crippen molar-refractivity contribution in [1.82, 2.24) is 15.1 Å². The summed E-state index contributed by atoms with van der Waals surface area (Å²) in [6, 6.07) is 0. The second-order valence-corrected chi connectivity index (χ2v) is 12.1. The molecule has 0 bridgehead atoms. The summed E-state index contributed by atoms with van der Waals surface area (Å²) in [4.78, 5) is 40.1. The first kappa shape index (κ1) is 40.1. The molecule has 246 valence electrons. The van der Waals surface area contributed by atoms with Gasteiger partial charge in [-0.25, -0.2) is 0 Å². The summed E-state index contributed by atoms with van der Waals surface area (Å²) in [5.41, 5.74) is 0.372. The van der Waals surface area contributed by atoms with Crippen LogP contribution in [-0.2, 0) is 19.1 Å². The Labute approximate surface area is 259 Å². The molecule has 0 radical (unpaired) electrons. The molecule has 0 aliphatic rings. The monoisotopic (exact) mass is 594 g/mol. The Morgan fingerprint density at radius 3 is 1.64 bits per heavy atom. The van der Waals surface area contributed by atoms with E-state index >= 15 is 0 Å². The number of ether oxygens (including phenoxy) is 1. The van der Waals surface area contributed by atoms with Crippen LogP contribution in [0.5, 0.6) is 0 Å². The predicted molar refractivity (Wildman–Crippen MR) is 177 cm³/mol. The van der Waals surface area contributed by atoms with E-state index in [2.05, 4.69) is 24.1 Å². The largest absolute Gasteiger partial charge is 0.466 e. The van der Waals surface area contributed by atoms with Crippen LogP contribution in [0.3, 0.4) is 0 Å². The number of unbranched alkanes of at least 4 members (excludes halogenated alkanes) is 15. The Kier molecular flexibility index (Phi) is 27.9. The molecule has 0 aromatic rings. The molecule has 0 spiro atoms. The zero-order chi connectivity index (χ0) is 31.3. The van der Waals surface area contributed by atoms with Crippen LogP contribution >= 0.6 is 0 Å². The van der Waals surface area contributed by atoms with Crippen molar-refractivity contribution in [2.24, 2.45) is 0 Å². The normalized spacial score (nSPS) is 11.6. The van der Waals surface area contributed by atoms with Gasteiger partial charge in [-0.2, -0.15) is 0 Å². The molecule has 0 saturated heterocycles. The van der Waals surface area contributed by atoms with Crippen molar-refractivity contribution in [3.63, 3.8) is 0 Å². The van der Waals surface area contributed by atoms with Crippen molar-refractivity contribution < 1.29 is 19.1 Å². The second-order valence-electron chi connectivity index (χ2n) is 12.1. The molecule has 0 aliphatic carbocycles. The van der Waals surface area contributed by atoms with Crippen molar-refractivity contribution in [3.05, 3.63) is 11.9 Å². The third-order valence-corrected chi connectivity index (χ3v) is 7.61. The minimum atomic E-state index is -0.464. The van der Waals surface area contributed by atoms with E-state index in [9.17, 15) is 14.4 Å². The van der Waals surface area contributed by atoms with Gasteiger partial charge in [0.2, 0.25) is 11.6 Å². The van der Waals surface area contributed by atoms with Gasteiger partial charge in [-0.1, -0.05) is 104 Å². The third kappa shape index (κ3) is 25.8. The fourth-order valence-electron chi connectivity index (χ4n) is 5.06. The Hall–Kier alpha value is -1.89. The molecule has 0 unspecified atom stereocenters. The molecular formula is C35H67N3O4. The Bertz CT molecular complexity index is 708. The van der Waals surface area contributed by atoms with Crippen LogP contribution < -0.4 is 5.32 Å². The van der Waals surface area contributed by atoms with Crippen molar-refractivity contribution in [2.75, 3.05) is 46.9 Å². The number of esters is 1. The van der Waals surface area contributed by atoms with E-state index in [1.165, 1.54) is 90.4 Å². The van der Waals surface area contributed by atoms with Gasteiger partial charge in [-0.3, -0.25) is 14.4 Å². The lowest BCUT2D eigenvalue weighted by Crippen LogP contribution is -2.32. The first-order valence-corrected chi connectivity index (χ1v) is 17.4. The maximum atomic E-state index is 12.2. The van der Waals surface area contributed by atoms with Crippen LogP contribution in [0.25, 0.3) is 0 Å². The van der Waals surface area contributed by atoms with Crippen LogP contribution in [0, 0.1) is 0 Å². The molecule has 7 nitrogen and oxygen atoms in total. The summed E-state index contributed by atoms with van der Waals surface area (Å²) < 4.78 is 5.41. The van der Waals surface area contributed by atoms with Gasteiger partial charge in [0, 0.05) is 40.2 Å². The number of hydrogen-bond acceptors (Lipinski definition) is 7. The van der Waals surface area contributed by atoms with E-state index in [1.807, 2.05) is 14.1 Å². The molecule has 0 aromatic heterocycles. The zero-order valence-corrected chi connectivity index (χ0v) is 28.3. The first-order valence-electron chi connectivity index (χ1n) is 17.4. The maximum Gasteiger partial charge on any atom is 0.305 e. The van der Waals surface area contributed by atoms with E-state index in [-0.39, 0.29) is 5.97 Å². The molecule has 0 fully saturated rings. The number of nitrogens with zero attached hydrogens (tertiary/aromatic N) is 2. The summed E-state index contributed by atoms with van der Waals surface area (Å²) in [6.45, 7) is 10.2. The molecule has 0 saturated carbocycles. The molecule has 0 amide bonds. The smallest absolute Gasteiger partial charge is 0.305 e. The Balaban J connectivity index is 4.22. The van der Waals surface area contributed by atoms with E-state index in [4.69, 9.17) is 4.74 Å². The number of nitrogens with one attached hydrogen (secondary N) is 1. The number of ketones is 2. The molecule has 0 heterocycles. The van der Waals surface area contributed by atoms with Crippen LogP contribution in [0.15, 0.2) is 11.9 Å². The van der Waals surface area contributed by atoms with Gasteiger partial charge in [-0.05, 0) is 51.7 Å². The average molecular weight is 594 g/mol. The number of Topliss-reactive ketones (excluding diaryl/α,β-unsaturated/α-hetero) is 2. The lowest BCUT2D eigenvalue weighted by Gasteiger charge is -2.23. The van der Waals surface area contributed by atoms with Gasteiger partial charge in [0.25, 0.3) is 0 Å². The standard InChI is InChI=1S/C35H67N3O4/c1-6-8-10-12-14-19-23-30-42-34(40)25-20-16-15-18-22-28-38(27-21-17-13-11-9-7-2)29-24-26-36-33(31-37(4)5)35(41)32(3)39/h31,36H,6-30H2,1-5H3/b33-31-. The van der Waals surface area contributed by atoms with E-state index < -0.39 is 11.6 Å². The number of carbonyl (C=O) groups is 3. The van der Waals surface area contributed by atoms with Crippen LogP contribution in [0.1, 0.15) is 149 Å². The molecule has 42 heavy (non-hydrogen) atoms. The summed E-state index contributed by atoms with van der Waals surface area (Å²) in [5.74, 6) is -0.942.